The maximum Gasteiger partial charge on any atom is 0.225 e. The van der Waals surface area contributed by atoms with Gasteiger partial charge in [-0.1, -0.05) is 36.8 Å². The van der Waals surface area contributed by atoms with Gasteiger partial charge < -0.3 is 15.0 Å². The minimum atomic E-state index is -0.348. The van der Waals surface area contributed by atoms with E-state index in [9.17, 15) is 9.59 Å². The van der Waals surface area contributed by atoms with Crippen LogP contribution in [0.2, 0.25) is 0 Å². The molecule has 2 heterocycles. The summed E-state index contributed by atoms with van der Waals surface area (Å²) in [5.74, 6) is 0.248. The van der Waals surface area contributed by atoms with E-state index in [1.54, 1.807) is 7.11 Å². The number of carbonyl (C=O) groups is 2. The Hall–Kier alpha value is -1.88. The van der Waals surface area contributed by atoms with Crippen LogP contribution in [-0.2, 0) is 20.7 Å². The summed E-state index contributed by atoms with van der Waals surface area (Å²) in [6, 6.07) is 10.5. The zero-order valence-corrected chi connectivity index (χ0v) is 15.9. The minimum Gasteiger partial charge on any atom is -0.384 e. The van der Waals surface area contributed by atoms with Crippen LogP contribution in [0.3, 0.4) is 0 Å². The smallest absolute Gasteiger partial charge is 0.225 e. The fraction of sp³-hybridized carbons (Fsp3) is 0.619. The predicted molar refractivity (Wildman–Crippen MR) is 101 cm³/mol. The van der Waals surface area contributed by atoms with Crippen molar-refractivity contribution in [2.75, 3.05) is 13.7 Å². The molecule has 0 bridgehead atoms. The lowest BCUT2D eigenvalue weighted by atomic mass is 9.85. The molecule has 1 aromatic rings. The van der Waals surface area contributed by atoms with Crippen molar-refractivity contribution < 1.29 is 14.3 Å². The largest absolute Gasteiger partial charge is 0.384 e. The summed E-state index contributed by atoms with van der Waals surface area (Å²) in [7, 11) is 1.62. The van der Waals surface area contributed by atoms with Crippen LogP contribution < -0.4 is 5.32 Å². The summed E-state index contributed by atoms with van der Waals surface area (Å²) in [6.07, 6.45) is 5.42. The third-order valence-electron chi connectivity index (χ3n) is 5.80. The average molecular weight is 358 g/mol. The molecule has 2 aliphatic rings. The Labute approximate surface area is 156 Å². The van der Waals surface area contributed by atoms with Crippen molar-refractivity contribution in [2.24, 2.45) is 0 Å². The van der Waals surface area contributed by atoms with Crippen LogP contribution in [0.4, 0.5) is 0 Å². The second-order valence-electron chi connectivity index (χ2n) is 7.82. The van der Waals surface area contributed by atoms with E-state index in [1.807, 2.05) is 18.2 Å². The zero-order chi connectivity index (χ0) is 18.6. The molecule has 2 fully saturated rings. The monoisotopic (exact) mass is 358 g/mol. The maximum atomic E-state index is 13.0. The van der Waals surface area contributed by atoms with Gasteiger partial charge in [-0.3, -0.25) is 9.59 Å². The highest BCUT2D eigenvalue weighted by molar-refractivity contribution is 5.80. The van der Waals surface area contributed by atoms with Gasteiger partial charge in [0.1, 0.15) is 0 Å². The molecule has 1 aromatic carbocycles. The first-order chi connectivity index (χ1) is 12.5. The average Bonchev–Trinajstić information content (AvgIpc) is 2.86. The van der Waals surface area contributed by atoms with E-state index in [-0.39, 0.29) is 29.4 Å². The van der Waals surface area contributed by atoms with Gasteiger partial charge in [0.25, 0.3) is 0 Å². The van der Waals surface area contributed by atoms with Gasteiger partial charge in [0, 0.05) is 19.6 Å². The SMILES string of the molecule is COCCC(=O)N1[C@H](Cc2ccccc2)C[C@]2(C)NC(=O)CCCC[C@H]12. The van der Waals surface area contributed by atoms with Crippen LogP contribution >= 0.6 is 0 Å². The number of nitrogens with zero attached hydrogens (tertiary/aromatic N) is 1. The maximum absolute atomic E-state index is 13.0. The molecule has 2 saturated heterocycles. The van der Waals surface area contributed by atoms with E-state index >= 15 is 0 Å². The number of likely N-dealkylation sites (tertiary alicyclic amines) is 1. The number of hydrogen-bond acceptors (Lipinski definition) is 3. The van der Waals surface area contributed by atoms with Crippen molar-refractivity contribution in [3.8, 4) is 0 Å². The van der Waals surface area contributed by atoms with Gasteiger partial charge in [-0.25, -0.2) is 0 Å². The molecule has 3 rings (SSSR count). The molecule has 0 aliphatic carbocycles. The Morgan fingerprint density at radius 3 is 2.81 bits per heavy atom. The van der Waals surface area contributed by atoms with Crippen molar-refractivity contribution >= 4 is 11.8 Å². The molecule has 3 atom stereocenters. The number of fused-ring (bicyclic) bond motifs is 1. The molecular weight excluding hydrogens is 328 g/mol. The second kappa shape index (κ2) is 8.21. The number of ether oxygens (including phenoxy) is 1. The molecular formula is C21H30N2O3. The lowest BCUT2D eigenvalue weighted by Crippen LogP contribution is -2.56. The number of hydrogen-bond donors (Lipinski definition) is 1. The first kappa shape index (κ1) is 18.9. The Morgan fingerprint density at radius 1 is 1.31 bits per heavy atom. The summed E-state index contributed by atoms with van der Waals surface area (Å²) >= 11 is 0. The topological polar surface area (TPSA) is 58.6 Å². The van der Waals surface area contributed by atoms with Crippen LogP contribution in [0, 0.1) is 0 Å². The standard InChI is InChI=1S/C21H30N2O3/c1-21-15-17(14-16-8-4-3-5-9-16)23(20(25)12-13-26-2)18(21)10-6-7-11-19(24)22-21/h3-5,8-9,17-18H,6-7,10-15H2,1-2H3,(H,22,24)/t17-,18+,21+/m1/s1. The van der Waals surface area contributed by atoms with Crippen molar-refractivity contribution in [3.63, 3.8) is 0 Å². The van der Waals surface area contributed by atoms with E-state index in [0.717, 1.165) is 32.1 Å². The van der Waals surface area contributed by atoms with Gasteiger partial charge in [0.2, 0.25) is 11.8 Å². The molecule has 0 saturated carbocycles. The second-order valence-corrected chi connectivity index (χ2v) is 7.82. The third kappa shape index (κ3) is 4.09. The van der Waals surface area contributed by atoms with Crippen LogP contribution in [0.5, 0.6) is 0 Å². The number of amides is 2. The number of rotatable bonds is 5. The summed E-state index contributed by atoms with van der Waals surface area (Å²) in [6.45, 7) is 2.55. The van der Waals surface area contributed by atoms with E-state index in [0.29, 0.717) is 19.4 Å². The lowest BCUT2D eigenvalue weighted by Gasteiger charge is -2.38. The van der Waals surface area contributed by atoms with Crippen molar-refractivity contribution in [2.45, 2.75) is 69.5 Å². The van der Waals surface area contributed by atoms with E-state index in [2.05, 4.69) is 29.3 Å². The van der Waals surface area contributed by atoms with Crippen LogP contribution in [0.1, 0.15) is 51.0 Å². The van der Waals surface area contributed by atoms with E-state index < -0.39 is 0 Å². The van der Waals surface area contributed by atoms with Gasteiger partial charge in [-0.2, -0.15) is 0 Å². The number of benzene rings is 1. The third-order valence-corrected chi connectivity index (χ3v) is 5.80. The zero-order valence-electron chi connectivity index (χ0n) is 15.9. The highest BCUT2D eigenvalue weighted by Gasteiger charge is 2.51. The van der Waals surface area contributed by atoms with Gasteiger partial charge in [-0.15, -0.1) is 0 Å². The molecule has 1 N–H and O–H groups in total. The van der Waals surface area contributed by atoms with Gasteiger partial charge in [-0.05, 0) is 38.2 Å². The fourth-order valence-corrected chi connectivity index (χ4v) is 4.63. The van der Waals surface area contributed by atoms with E-state index in [1.165, 1.54) is 5.56 Å². The Kier molecular flexibility index (Phi) is 5.97. The normalized spacial score (nSPS) is 28.8. The molecule has 5 heteroatoms. The lowest BCUT2D eigenvalue weighted by molar-refractivity contribution is -0.136. The first-order valence-corrected chi connectivity index (χ1v) is 9.68. The summed E-state index contributed by atoms with van der Waals surface area (Å²) in [5, 5.41) is 3.25. The number of carbonyl (C=O) groups excluding carboxylic acids is 2. The summed E-state index contributed by atoms with van der Waals surface area (Å²) in [4.78, 5) is 27.3. The van der Waals surface area contributed by atoms with Crippen molar-refractivity contribution in [1.29, 1.82) is 0 Å². The molecule has 142 valence electrons. The van der Waals surface area contributed by atoms with Crippen LogP contribution in [0.15, 0.2) is 30.3 Å². The molecule has 0 spiro atoms. The fourth-order valence-electron chi connectivity index (χ4n) is 4.63. The van der Waals surface area contributed by atoms with Gasteiger partial charge >= 0.3 is 0 Å². The highest BCUT2D eigenvalue weighted by atomic mass is 16.5. The van der Waals surface area contributed by atoms with Crippen molar-refractivity contribution in [3.05, 3.63) is 35.9 Å². The number of nitrogens with one attached hydrogen (secondary N) is 1. The Morgan fingerprint density at radius 2 is 2.08 bits per heavy atom. The molecule has 0 aromatic heterocycles. The molecule has 2 aliphatic heterocycles. The minimum absolute atomic E-state index is 0.0600. The molecule has 5 nitrogen and oxygen atoms in total. The summed E-state index contributed by atoms with van der Waals surface area (Å²) in [5.41, 5.74) is 0.880. The van der Waals surface area contributed by atoms with Crippen LogP contribution in [0.25, 0.3) is 0 Å². The highest BCUT2D eigenvalue weighted by Crippen LogP contribution is 2.39. The predicted octanol–water partition coefficient (Wildman–Crippen LogP) is 2.68. The quantitative estimate of drug-likeness (QED) is 0.880. The molecule has 0 unspecified atom stereocenters. The van der Waals surface area contributed by atoms with E-state index in [4.69, 9.17) is 4.74 Å². The van der Waals surface area contributed by atoms with Gasteiger partial charge in [0.15, 0.2) is 0 Å². The molecule has 26 heavy (non-hydrogen) atoms. The van der Waals surface area contributed by atoms with Crippen LogP contribution in [-0.4, -0.2) is 48.1 Å². The first-order valence-electron chi connectivity index (χ1n) is 9.68. The summed E-state index contributed by atoms with van der Waals surface area (Å²) < 4.78 is 5.13. The Bertz CT molecular complexity index is 633. The number of methoxy groups -OCH3 is 1. The molecule has 0 radical (unpaired) electrons. The Balaban J connectivity index is 1.87. The molecule has 2 amide bonds. The van der Waals surface area contributed by atoms with Crippen molar-refractivity contribution in [1.82, 2.24) is 10.2 Å². The van der Waals surface area contributed by atoms with Gasteiger partial charge in [0.05, 0.1) is 24.6 Å².